The second-order valence-electron chi connectivity index (χ2n) is 3.78. The predicted molar refractivity (Wildman–Crippen MR) is 86.6 cm³/mol. The zero-order valence-corrected chi connectivity index (χ0v) is 12.7. The fourth-order valence-corrected chi connectivity index (χ4v) is 4.49. The highest BCUT2D eigenvalue weighted by molar-refractivity contribution is 14.1. The molecule has 1 heterocycles. The third-order valence-electron chi connectivity index (χ3n) is 2.73. The molecule has 0 saturated carbocycles. The molecule has 0 spiro atoms. The molecule has 86 valence electrons. The lowest BCUT2D eigenvalue weighted by molar-refractivity contribution is 1.35. The van der Waals surface area contributed by atoms with Gasteiger partial charge in [-0.05, 0) is 23.8 Å². The number of halogens is 1. The molecule has 3 rings (SSSR count). The zero-order valence-electron chi connectivity index (χ0n) is 8.88. The van der Waals surface area contributed by atoms with Crippen LogP contribution in [-0.2, 0) is 0 Å². The largest absolute Gasteiger partial charge is 0.282 e. The van der Waals surface area contributed by atoms with Gasteiger partial charge in [-0.1, -0.05) is 30.3 Å². The number of rotatable bonds is 0. The van der Waals surface area contributed by atoms with E-state index in [1.807, 2.05) is 0 Å². The molecular formula is C13H10INS2. The van der Waals surface area contributed by atoms with Gasteiger partial charge in [0.2, 0.25) is 0 Å². The van der Waals surface area contributed by atoms with Crippen molar-refractivity contribution in [1.82, 2.24) is 0 Å². The maximum atomic E-state index is 4.71. The number of thioether (sulfide) groups is 1. The van der Waals surface area contributed by atoms with Crippen molar-refractivity contribution in [3.63, 3.8) is 0 Å². The van der Waals surface area contributed by atoms with Gasteiger partial charge in [-0.15, -0.1) is 11.8 Å². The summed E-state index contributed by atoms with van der Waals surface area (Å²) in [6.45, 7) is 0. The van der Waals surface area contributed by atoms with Crippen LogP contribution in [0.5, 0.6) is 0 Å². The first-order chi connectivity index (χ1) is 8.27. The summed E-state index contributed by atoms with van der Waals surface area (Å²) in [5, 5.41) is 0. The van der Waals surface area contributed by atoms with Gasteiger partial charge in [-0.2, -0.15) is 12.6 Å². The topological polar surface area (TPSA) is 3.24 Å². The average molecular weight is 371 g/mol. The van der Waals surface area contributed by atoms with Crippen LogP contribution < -0.4 is 3.11 Å². The minimum Gasteiger partial charge on any atom is -0.282 e. The van der Waals surface area contributed by atoms with Gasteiger partial charge in [0, 0.05) is 4.90 Å². The lowest BCUT2D eigenvalue weighted by atomic mass is 10.2. The van der Waals surface area contributed by atoms with Gasteiger partial charge in [-0.25, -0.2) is 0 Å². The Bertz CT molecular complexity index is 559. The average Bonchev–Trinajstić information content (AvgIpc) is 2.48. The van der Waals surface area contributed by atoms with E-state index in [1.54, 1.807) is 11.8 Å². The number of hydrogen-bond acceptors (Lipinski definition) is 3. The molecule has 0 N–H and O–H groups in total. The van der Waals surface area contributed by atoms with Gasteiger partial charge < -0.3 is 0 Å². The molecule has 17 heavy (non-hydrogen) atoms. The maximum Gasteiger partial charge on any atom is 0.0789 e. The van der Waals surface area contributed by atoms with Crippen molar-refractivity contribution in [2.75, 3.05) is 3.11 Å². The van der Waals surface area contributed by atoms with Gasteiger partial charge >= 0.3 is 0 Å². The van der Waals surface area contributed by atoms with E-state index in [1.165, 1.54) is 21.8 Å². The lowest BCUT2D eigenvalue weighted by Crippen LogP contribution is -2.02. The Morgan fingerprint density at radius 1 is 1.00 bits per heavy atom. The number of thiol groups is 1. The predicted octanol–water partition coefficient (Wildman–Crippen LogP) is 5.21. The molecule has 0 amide bonds. The van der Waals surface area contributed by atoms with E-state index in [4.69, 9.17) is 12.6 Å². The fourth-order valence-electron chi connectivity index (χ4n) is 1.91. The first-order valence-electron chi connectivity index (χ1n) is 5.26. The molecule has 2 aromatic carbocycles. The van der Waals surface area contributed by atoms with Crippen LogP contribution in [0.4, 0.5) is 11.4 Å². The SMILES string of the molecule is SC1Sc2ccccc2N(I)c2ccccc21. The maximum absolute atomic E-state index is 4.71. The molecule has 1 aliphatic rings. The summed E-state index contributed by atoms with van der Waals surface area (Å²) in [7, 11) is 0. The summed E-state index contributed by atoms with van der Waals surface area (Å²) >= 11 is 8.87. The van der Waals surface area contributed by atoms with Crippen LogP contribution in [0.25, 0.3) is 0 Å². The van der Waals surface area contributed by atoms with Crippen molar-refractivity contribution < 1.29 is 0 Å². The van der Waals surface area contributed by atoms with Crippen LogP contribution in [0.1, 0.15) is 10.1 Å². The van der Waals surface area contributed by atoms with Gasteiger partial charge in [0.1, 0.15) is 0 Å². The van der Waals surface area contributed by atoms with Crippen molar-refractivity contribution in [2.45, 2.75) is 9.48 Å². The molecule has 1 unspecified atom stereocenters. The number of para-hydroxylation sites is 2. The third-order valence-corrected chi connectivity index (χ3v) is 5.44. The Labute approximate surface area is 125 Å². The minimum absolute atomic E-state index is 0.187. The third kappa shape index (κ3) is 2.06. The molecule has 4 heteroatoms. The Kier molecular flexibility index (Phi) is 3.28. The highest BCUT2D eigenvalue weighted by Gasteiger charge is 2.23. The molecule has 0 bridgehead atoms. The van der Waals surface area contributed by atoms with E-state index in [9.17, 15) is 0 Å². The number of fused-ring (bicyclic) bond motifs is 2. The van der Waals surface area contributed by atoms with Crippen LogP contribution >= 0.6 is 47.3 Å². The summed E-state index contributed by atoms with van der Waals surface area (Å²) in [4.78, 5) is 1.28. The highest BCUT2D eigenvalue weighted by Crippen LogP contribution is 2.51. The molecular weight excluding hydrogens is 361 g/mol. The van der Waals surface area contributed by atoms with Crippen molar-refractivity contribution >= 4 is 58.6 Å². The van der Waals surface area contributed by atoms with Crippen LogP contribution in [0.2, 0.25) is 0 Å². The number of benzene rings is 2. The van der Waals surface area contributed by atoms with Crippen molar-refractivity contribution in [1.29, 1.82) is 0 Å². The van der Waals surface area contributed by atoms with Gasteiger partial charge in [-0.3, -0.25) is 3.11 Å². The Morgan fingerprint density at radius 2 is 1.65 bits per heavy atom. The lowest BCUT2D eigenvalue weighted by Gasteiger charge is -2.18. The van der Waals surface area contributed by atoms with E-state index in [-0.39, 0.29) is 4.58 Å². The van der Waals surface area contributed by atoms with E-state index in [0.29, 0.717) is 0 Å². The highest BCUT2D eigenvalue weighted by atomic mass is 127. The molecule has 2 aromatic rings. The quantitative estimate of drug-likeness (QED) is 0.385. The number of anilines is 2. The Hall–Kier alpha value is -0.330. The summed E-state index contributed by atoms with van der Waals surface area (Å²) in [6, 6.07) is 16.9. The number of hydrogen-bond donors (Lipinski definition) is 1. The molecule has 1 aliphatic heterocycles. The normalized spacial score (nSPS) is 18.2. The van der Waals surface area contributed by atoms with Crippen LogP contribution in [0, 0.1) is 0 Å². The molecule has 1 atom stereocenters. The number of nitrogens with zero attached hydrogens (tertiary/aromatic N) is 1. The summed E-state index contributed by atoms with van der Waals surface area (Å²) in [6.07, 6.45) is 0. The van der Waals surface area contributed by atoms with Gasteiger partial charge in [0.15, 0.2) is 0 Å². The van der Waals surface area contributed by atoms with Gasteiger partial charge in [0.25, 0.3) is 0 Å². The summed E-state index contributed by atoms with van der Waals surface area (Å²) in [5.41, 5.74) is 3.74. The first kappa shape index (κ1) is 11.7. The van der Waals surface area contributed by atoms with E-state index in [0.717, 1.165) is 0 Å². The Morgan fingerprint density at radius 3 is 2.47 bits per heavy atom. The monoisotopic (exact) mass is 371 g/mol. The first-order valence-corrected chi connectivity index (χ1v) is 7.62. The molecule has 0 fully saturated rings. The summed E-state index contributed by atoms with van der Waals surface area (Å²) in [5.74, 6) is 0. The molecule has 1 nitrogen and oxygen atoms in total. The van der Waals surface area contributed by atoms with Gasteiger partial charge in [0.05, 0.1) is 38.8 Å². The minimum atomic E-state index is 0.187. The second-order valence-corrected chi connectivity index (χ2v) is 6.76. The Balaban J connectivity index is 2.22. The van der Waals surface area contributed by atoms with Crippen molar-refractivity contribution in [3.8, 4) is 0 Å². The smallest absolute Gasteiger partial charge is 0.0789 e. The zero-order chi connectivity index (χ0) is 11.8. The van der Waals surface area contributed by atoms with E-state index < -0.39 is 0 Å². The molecule has 0 aromatic heterocycles. The van der Waals surface area contributed by atoms with Crippen molar-refractivity contribution in [2.24, 2.45) is 0 Å². The molecule has 0 saturated heterocycles. The van der Waals surface area contributed by atoms with E-state index >= 15 is 0 Å². The van der Waals surface area contributed by atoms with Crippen LogP contribution in [0.15, 0.2) is 53.4 Å². The fraction of sp³-hybridized carbons (Fsp3) is 0.0769. The van der Waals surface area contributed by atoms with Crippen molar-refractivity contribution in [3.05, 3.63) is 54.1 Å². The molecule has 0 radical (unpaired) electrons. The molecule has 0 aliphatic carbocycles. The van der Waals surface area contributed by atoms with Crippen LogP contribution in [0.3, 0.4) is 0 Å². The van der Waals surface area contributed by atoms with E-state index in [2.05, 4.69) is 74.5 Å². The van der Waals surface area contributed by atoms with Crippen LogP contribution in [-0.4, -0.2) is 0 Å². The standard InChI is InChI=1S/C13H10INS2/c14-15-10-6-2-1-5-9(10)13(16)17-12-8-4-3-7-11(12)15/h1-8,13,16H. The summed E-state index contributed by atoms with van der Waals surface area (Å²) < 4.78 is 2.40. The second kappa shape index (κ2) is 4.74.